The quantitative estimate of drug-likeness (QED) is 0.694. The standard InChI is InChI=1S/C19H17BrN2O3/c1-3-25-17-11-12(10-13(20)18(17)24-2)8-9-16-19(23)22-15-7-5-4-6-14(15)21-16/h4-11H,3H2,1-2H3,(H,22,23)/b9-8+. The Labute approximate surface area is 153 Å². The van der Waals surface area contributed by atoms with Crippen molar-refractivity contribution in [3.05, 3.63) is 62.5 Å². The zero-order valence-electron chi connectivity index (χ0n) is 13.9. The molecule has 0 atom stereocenters. The number of fused-ring (bicyclic) bond motifs is 1. The van der Waals surface area contributed by atoms with Gasteiger partial charge in [-0.1, -0.05) is 18.2 Å². The molecule has 1 aromatic heterocycles. The molecule has 0 aliphatic rings. The second-order valence-corrected chi connectivity index (χ2v) is 6.12. The minimum atomic E-state index is -0.229. The number of aromatic nitrogens is 2. The van der Waals surface area contributed by atoms with E-state index in [4.69, 9.17) is 9.47 Å². The molecule has 6 heteroatoms. The van der Waals surface area contributed by atoms with Crippen molar-refractivity contribution in [2.24, 2.45) is 0 Å². The van der Waals surface area contributed by atoms with E-state index in [9.17, 15) is 4.79 Å². The van der Waals surface area contributed by atoms with Crippen LogP contribution in [0.3, 0.4) is 0 Å². The smallest absolute Gasteiger partial charge is 0.274 e. The Kier molecular flexibility index (Phi) is 5.19. The van der Waals surface area contributed by atoms with Crippen LogP contribution in [0.2, 0.25) is 0 Å². The third kappa shape index (κ3) is 3.74. The van der Waals surface area contributed by atoms with Gasteiger partial charge in [-0.05, 0) is 58.8 Å². The van der Waals surface area contributed by atoms with Gasteiger partial charge in [-0.2, -0.15) is 0 Å². The molecule has 2 aromatic carbocycles. The maximum absolute atomic E-state index is 12.2. The predicted octanol–water partition coefficient (Wildman–Crippen LogP) is 4.26. The van der Waals surface area contributed by atoms with E-state index < -0.39 is 0 Å². The molecular weight excluding hydrogens is 384 g/mol. The Morgan fingerprint density at radius 2 is 2.04 bits per heavy atom. The van der Waals surface area contributed by atoms with Crippen LogP contribution in [-0.2, 0) is 0 Å². The van der Waals surface area contributed by atoms with Crippen LogP contribution < -0.4 is 15.0 Å². The zero-order valence-corrected chi connectivity index (χ0v) is 15.5. The highest BCUT2D eigenvalue weighted by molar-refractivity contribution is 9.10. The van der Waals surface area contributed by atoms with Crippen LogP contribution in [0.4, 0.5) is 0 Å². The van der Waals surface area contributed by atoms with Crippen LogP contribution >= 0.6 is 15.9 Å². The van der Waals surface area contributed by atoms with Crippen molar-refractivity contribution in [1.29, 1.82) is 0 Å². The molecule has 0 aliphatic carbocycles. The van der Waals surface area contributed by atoms with Crippen LogP contribution in [0.5, 0.6) is 11.5 Å². The first kappa shape index (κ1) is 17.2. The number of nitrogens with one attached hydrogen (secondary N) is 1. The molecule has 0 aliphatic heterocycles. The molecule has 0 saturated heterocycles. The van der Waals surface area contributed by atoms with Gasteiger partial charge in [0.25, 0.3) is 5.56 Å². The van der Waals surface area contributed by atoms with Crippen LogP contribution in [-0.4, -0.2) is 23.7 Å². The van der Waals surface area contributed by atoms with E-state index >= 15 is 0 Å². The van der Waals surface area contributed by atoms with Gasteiger partial charge in [-0.15, -0.1) is 0 Å². The van der Waals surface area contributed by atoms with E-state index in [1.54, 1.807) is 13.2 Å². The maximum Gasteiger partial charge on any atom is 0.274 e. The summed E-state index contributed by atoms with van der Waals surface area (Å²) in [5.74, 6) is 1.28. The summed E-state index contributed by atoms with van der Waals surface area (Å²) in [6.45, 7) is 2.44. The van der Waals surface area contributed by atoms with E-state index in [2.05, 4.69) is 25.9 Å². The van der Waals surface area contributed by atoms with Crippen molar-refractivity contribution in [3.8, 4) is 11.5 Å². The summed E-state index contributed by atoms with van der Waals surface area (Å²) in [4.78, 5) is 19.4. The zero-order chi connectivity index (χ0) is 17.8. The summed E-state index contributed by atoms with van der Waals surface area (Å²) in [5.41, 5.74) is 2.45. The fraction of sp³-hybridized carbons (Fsp3) is 0.158. The van der Waals surface area contributed by atoms with E-state index in [0.29, 0.717) is 23.8 Å². The SMILES string of the molecule is CCOc1cc(/C=C/c2nc3ccccc3[nH]c2=O)cc(Br)c1OC. The summed E-state index contributed by atoms with van der Waals surface area (Å²) in [7, 11) is 1.59. The molecule has 5 nitrogen and oxygen atoms in total. The van der Waals surface area contributed by atoms with Gasteiger partial charge in [0.15, 0.2) is 11.5 Å². The number of H-pyrrole nitrogens is 1. The van der Waals surface area contributed by atoms with Crippen LogP contribution in [0.25, 0.3) is 23.2 Å². The molecule has 25 heavy (non-hydrogen) atoms. The lowest BCUT2D eigenvalue weighted by Crippen LogP contribution is -2.11. The first-order chi connectivity index (χ1) is 12.1. The van der Waals surface area contributed by atoms with Gasteiger partial charge < -0.3 is 14.5 Å². The Morgan fingerprint density at radius 1 is 1.24 bits per heavy atom. The molecule has 3 aromatic rings. The average Bonchev–Trinajstić information content (AvgIpc) is 2.60. The molecule has 128 valence electrons. The highest BCUT2D eigenvalue weighted by Crippen LogP contribution is 2.37. The van der Waals surface area contributed by atoms with Crippen LogP contribution in [0.15, 0.2) is 45.7 Å². The summed E-state index contributed by atoms with van der Waals surface area (Å²) in [6, 6.07) is 11.2. The van der Waals surface area contributed by atoms with Gasteiger partial charge in [0.1, 0.15) is 5.69 Å². The molecule has 0 bridgehead atoms. The summed E-state index contributed by atoms with van der Waals surface area (Å²) in [6.07, 6.45) is 3.51. The minimum Gasteiger partial charge on any atom is -0.492 e. The van der Waals surface area contributed by atoms with Crippen molar-refractivity contribution in [2.45, 2.75) is 6.92 Å². The maximum atomic E-state index is 12.2. The third-order valence-electron chi connectivity index (χ3n) is 3.60. The van der Waals surface area contributed by atoms with E-state index in [1.807, 2.05) is 49.4 Å². The van der Waals surface area contributed by atoms with Crippen molar-refractivity contribution in [1.82, 2.24) is 9.97 Å². The lowest BCUT2D eigenvalue weighted by atomic mass is 10.1. The molecular formula is C19H17BrN2O3. The van der Waals surface area contributed by atoms with Crippen molar-refractivity contribution in [3.63, 3.8) is 0 Å². The van der Waals surface area contributed by atoms with Gasteiger partial charge >= 0.3 is 0 Å². The summed E-state index contributed by atoms with van der Waals surface area (Å²) in [5, 5.41) is 0. The Hall–Kier alpha value is -2.60. The molecule has 0 amide bonds. The van der Waals surface area contributed by atoms with Gasteiger partial charge in [0.05, 0.1) is 29.2 Å². The van der Waals surface area contributed by atoms with Crippen molar-refractivity contribution < 1.29 is 9.47 Å². The minimum absolute atomic E-state index is 0.229. The topological polar surface area (TPSA) is 64.2 Å². The fourth-order valence-electron chi connectivity index (χ4n) is 2.48. The lowest BCUT2D eigenvalue weighted by molar-refractivity contribution is 0.310. The van der Waals surface area contributed by atoms with Gasteiger partial charge in [0, 0.05) is 0 Å². The predicted molar refractivity (Wildman–Crippen MR) is 103 cm³/mol. The summed E-state index contributed by atoms with van der Waals surface area (Å²) >= 11 is 3.48. The third-order valence-corrected chi connectivity index (χ3v) is 4.18. The molecule has 0 fully saturated rings. The van der Waals surface area contributed by atoms with Gasteiger partial charge in [-0.25, -0.2) is 4.98 Å². The lowest BCUT2D eigenvalue weighted by Gasteiger charge is -2.12. The molecule has 0 unspecified atom stereocenters. The molecule has 0 saturated carbocycles. The monoisotopic (exact) mass is 400 g/mol. The van der Waals surface area contributed by atoms with Crippen LogP contribution in [0.1, 0.15) is 18.2 Å². The highest BCUT2D eigenvalue weighted by atomic mass is 79.9. The van der Waals surface area contributed by atoms with E-state index in [-0.39, 0.29) is 5.56 Å². The Bertz CT molecular complexity index is 996. The van der Waals surface area contributed by atoms with E-state index in [0.717, 1.165) is 21.1 Å². The number of hydrogen-bond acceptors (Lipinski definition) is 4. The van der Waals surface area contributed by atoms with Crippen molar-refractivity contribution >= 4 is 39.1 Å². The molecule has 1 N–H and O–H groups in total. The highest BCUT2D eigenvalue weighted by Gasteiger charge is 2.10. The average molecular weight is 401 g/mol. The van der Waals surface area contributed by atoms with Gasteiger partial charge in [0.2, 0.25) is 0 Å². The Balaban J connectivity index is 1.99. The number of methoxy groups -OCH3 is 1. The number of rotatable bonds is 5. The van der Waals surface area contributed by atoms with Crippen LogP contribution in [0, 0.1) is 0 Å². The normalized spacial score (nSPS) is 11.2. The number of para-hydroxylation sites is 2. The largest absolute Gasteiger partial charge is 0.492 e. The molecule has 1 heterocycles. The first-order valence-corrected chi connectivity index (χ1v) is 8.59. The second-order valence-electron chi connectivity index (χ2n) is 5.27. The summed E-state index contributed by atoms with van der Waals surface area (Å²) < 4.78 is 11.7. The molecule has 0 radical (unpaired) electrons. The van der Waals surface area contributed by atoms with E-state index in [1.165, 1.54) is 0 Å². The molecule has 0 spiro atoms. The number of halogens is 1. The number of benzene rings is 2. The second kappa shape index (κ2) is 7.53. The number of hydrogen-bond donors (Lipinski definition) is 1. The molecule has 3 rings (SSSR count). The Morgan fingerprint density at radius 3 is 2.80 bits per heavy atom. The number of aromatic amines is 1. The van der Waals surface area contributed by atoms with Crippen molar-refractivity contribution in [2.75, 3.05) is 13.7 Å². The number of nitrogens with zero attached hydrogens (tertiary/aromatic N) is 1. The fourth-order valence-corrected chi connectivity index (χ4v) is 3.10. The van der Waals surface area contributed by atoms with Gasteiger partial charge in [-0.3, -0.25) is 4.79 Å². The first-order valence-electron chi connectivity index (χ1n) is 7.80. The number of ether oxygens (including phenoxy) is 2.